The quantitative estimate of drug-likeness (QED) is 0.743. The van der Waals surface area contributed by atoms with Crippen LogP contribution >= 0.6 is 0 Å². The lowest BCUT2D eigenvalue weighted by molar-refractivity contribution is 0.577. The topological polar surface area (TPSA) is 42.7 Å². The fraction of sp³-hybridized carbons (Fsp3) is 0.333. The summed E-state index contributed by atoms with van der Waals surface area (Å²) in [5, 5.41) is 3.37. The number of nitrogens with one attached hydrogen (secondary N) is 1. The Labute approximate surface area is 95.4 Å². The van der Waals surface area contributed by atoms with E-state index in [4.69, 9.17) is 0 Å². The van der Waals surface area contributed by atoms with Crippen molar-refractivity contribution in [2.45, 2.75) is 19.5 Å². The maximum Gasteiger partial charge on any atom is 0.0945 e. The van der Waals surface area contributed by atoms with Crippen LogP contribution in [0.4, 0.5) is 0 Å². The van der Waals surface area contributed by atoms with E-state index in [9.17, 15) is 0 Å². The summed E-state index contributed by atoms with van der Waals surface area (Å²) in [7, 11) is 0. The number of hydrogen-bond acceptors (Lipinski definition) is 3. The van der Waals surface area contributed by atoms with E-state index in [2.05, 4.69) is 19.9 Å². The third-order valence-electron chi connectivity index (χ3n) is 2.36. The summed E-state index contributed by atoms with van der Waals surface area (Å²) >= 11 is 0. The van der Waals surface area contributed by atoms with E-state index in [-0.39, 0.29) is 0 Å². The maximum absolute atomic E-state index is 4.25. The second kappa shape index (κ2) is 6.02. The molecule has 0 atom stereocenters. The smallest absolute Gasteiger partial charge is 0.0945 e. The highest BCUT2D eigenvalue weighted by Gasteiger charge is 1.93. The van der Waals surface area contributed by atoms with Crippen molar-refractivity contribution in [2.75, 3.05) is 6.54 Å². The number of rotatable bonds is 6. The molecule has 0 aliphatic heterocycles. The fourth-order valence-electron chi connectivity index (χ4n) is 1.52. The molecule has 0 saturated heterocycles. The summed E-state index contributed by atoms with van der Waals surface area (Å²) in [6.07, 6.45) is 8.56. The Hall–Kier alpha value is -1.68. The SMILES string of the molecule is c1ccc(CNCCCn2ccnc2)nc1. The van der Waals surface area contributed by atoms with Crippen molar-refractivity contribution in [2.24, 2.45) is 0 Å². The molecule has 1 N–H and O–H groups in total. The Bertz CT molecular complexity index is 383. The zero-order valence-corrected chi connectivity index (χ0v) is 9.21. The molecule has 0 unspecified atom stereocenters. The standard InChI is InChI=1S/C12H16N4/c1-2-6-15-12(4-1)10-13-5-3-8-16-9-7-14-11-16/h1-2,4,6-7,9,11,13H,3,5,8,10H2. The van der Waals surface area contributed by atoms with Gasteiger partial charge in [-0.1, -0.05) is 6.07 Å². The van der Waals surface area contributed by atoms with Crippen LogP contribution in [0.2, 0.25) is 0 Å². The lowest BCUT2D eigenvalue weighted by Gasteiger charge is -2.04. The van der Waals surface area contributed by atoms with Crippen molar-refractivity contribution in [3.63, 3.8) is 0 Å². The molecule has 84 valence electrons. The number of nitrogens with zero attached hydrogens (tertiary/aromatic N) is 3. The van der Waals surface area contributed by atoms with Crippen molar-refractivity contribution in [3.05, 3.63) is 48.8 Å². The third-order valence-corrected chi connectivity index (χ3v) is 2.36. The lowest BCUT2D eigenvalue weighted by Crippen LogP contribution is -2.16. The van der Waals surface area contributed by atoms with Crippen LogP contribution in [0.25, 0.3) is 0 Å². The molecule has 0 saturated carbocycles. The third kappa shape index (κ3) is 3.47. The molecule has 2 aromatic heterocycles. The summed E-state index contributed by atoms with van der Waals surface area (Å²) in [6, 6.07) is 5.97. The van der Waals surface area contributed by atoms with Crippen LogP contribution in [0.15, 0.2) is 43.1 Å². The van der Waals surface area contributed by atoms with E-state index in [0.29, 0.717) is 0 Å². The minimum atomic E-state index is 0.838. The van der Waals surface area contributed by atoms with E-state index in [1.807, 2.05) is 36.9 Å². The first-order chi connectivity index (χ1) is 7.95. The largest absolute Gasteiger partial charge is 0.337 e. The molecule has 0 fully saturated rings. The van der Waals surface area contributed by atoms with Crippen LogP contribution in [0, 0.1) is 0 Å². The molecule has 2 heterocycles. The number of aryl methyl sites for hydroxylation is 1. The van der Waals surface area contributed by atoms with Crippen molar-refractivity contribution < 1.29 is 0 Å². The van der Waals surface area contributed by atoms with E-state index in [1.165, 1.54) is 0 Å². The number of pyridine rings is 1. The van der Waals surface area contributed by atoms with Gasteiger partial charge in [-0.05, 0) is 25.1 Å². The predicted octanol–water partition coefficient (Wildman–Crippen LogP) is 1.46. The van der Waals surface area contributed by atoms with Crippen molar-refractivity contribution in [3.8, 4) is 0 Å². The van der Waals surface area contributed by atoms with Gasteiger partial charge >= 0.3 is 0 Å². The molecule has 0 amide bonds. The zero-order valence-electron chi connectivity index (χ0n) is 9.21. The first kappa shape index (κ1) is 10.8. The molecule has 16 heavy (non-hydrogen) atoms. The van der Waals surface area contributed by atoms with Gasteiger partial charge in [0.05, 0.1) is 12.0 Å². The maximum atomic E-state index is 4.25. The van der Waals surface area contributed by atoms with Gasteiger partial charge in [0, 0.05) is 31.7 Å². The molecule has 0 bridgehead atoms. The number of hydrogen-bond donors (Lipinski definition) is 1. The van der Waals surface area contributed by atoms with Crippen molar-refractivity contribution >= 4 is 0 Å². The second-order valence-corrected chi connectivity index (χ2v) is 3.65. The number of aromatic nitrogens is 3. The van der Waals surface area contributed by atoms with E-state index < -0.39 is 0 Å². The Morgan fingerprint density at radius 2 is 2.25 bits per heavy atom. The normalized spacial score (nSPS) is 10.5. The molecule has 2 aromatic rings. The molecule has 0 aliphatic rings. The Balaban J connectivity index is 1.59. The minimum Gasteiger partial charge on any atom is -0.337 e. The highest BCUT2D eigenvalue weighted by Crippen LogP contribution is 1.93. The van der Waals surface area contributed by atoms with Gasteiger partial charge in [0.25, 0.3) is 0 Å². The van der Waals surface area contributed by atoms with Gasteiger partial charge in [-0.15, -0.1) is 0 Å². The molecule has 2 rings (SSSR count). The monoisotopic (exact) mass is 216 g/mol. The van der Waals surface area contributed by atoms with Crippen molar-refractivity contribution in [1.29, 1.82) is 0 Å². The molecular weight excluding hydrogens is 200 g/mol. The van der Waals surface area contributed by atoms with Crippen LogP contribution in [-0.4, -0.2) is 21.1 Å². The van der Waals surface area contributed by atoms with Crippen LogP contribution in [0.5, 0.6) is 0 Å². The van der Waals surface area contributed by atoms with Gasteiger partial charge in [0.1, 0.15) is 0 Å². The number of imidazole rings is 1. The lowest BCUT2D eigenvalue weighted by atomic mass is 10.3. The minimum absolute atomic E-state index is 0.838. The van der Waals surface area contributed by atoms with Gasteiger partial charge in [-0.2, -0.15) is 0 Å². The summed E-state index contributed by atoms with van der Waals surface area (Å²) in [6.45, 7) is 2.84. The molecular formula is C12H16N4. The summed E-state index contributed by atoms with van der Waals surface area (Å²) < 4.78 is 2.09. The summed E-state index contributed by atoms with van der Waals surface area (Å²) in [5.74, 6) is 0. The zero-order chi connectivity index (χ0) is 11.1. The Morgan fingerprint density at radius 1 is 1.25 bits per heavy atom. The highest BCUT2D eigenvalue weighted by molar-refractivity contribution is 5.02. The van der Waals surface area contributed by atoms with Gasteiger partial charge in [-0.3, -0.25) is 4.98 Å². The van der Waals surface area contributed by atoms with Crippen LogP contribution < -0.4 is 5.32 Å². The van der Waals surface area contributed by atoms with Crippen LogP contribution in [0.1, 0.15) is 12.1 Å². The van der Waals surface area contributed by atoms with E-state index >= 15 is 0 Å². The van der Waals surface area contributed by atoms with Gasteiger partial charge in [0.15, 0.2) is 0 Å². The molecule has 4 heteroatoms. The Morgan fingerprint density at radius 3 is 3.00 bits per heavy atom. The van der Waals surface area contributed by atoms with Crippen LogP contribution in [-0.2, 0) is 13.1 Å². The van der Waals surface area contributed by atoms with Crippen LogP contribution in [0.3, 0.4) is 0 Å². The predicted molar refractivity (Wildman–Crippen MR) is 62.8 cm³/mol. The second-order valence-electron chi connectivity index (χ2n) is 3.65. The Kier molecular flexibility index (Phi) is 4.08. The molecule has 0 radical (unpaired) electrons. The molecule has 0 spiro atoms. The van der Waals surface area contributed by atoms with Gasteiger partial charge < -0.3 is 9.88 Å². The fourth-order valence-corrected chi connectivity index (χ4v) is 1.52. The molecule has 0 aliphatic carbocycles. The van der Waals surface area contributed by atoms with Gasteiger partial charge in [0.2, 0.25) is 0 Å². The summed E-state index contributed by atoms with van der Waals surface area (Å²) in [5.41, 5.74) is 1.09. The van der Waals surface area contributed by atoms with Crippen molar-refractivity contribution in [1.82, 2.24) is 19.9 Å². The first-order valence-electron chi connectivity index (χ1n) is 5.51. The average Bonchev–Trinajstić information content (AvgIpc) is 2.83. The first-order valence-corrected chi connectivity index (χ1v) is 5.51. The average molecular weight is 216 g/mol. The van der Waals surface area contributed by atoms with E-state index in [1.54, 1.807) is 6.20 Å². The summed E-state index contributed by atoms with van der Waals surface area (Å²) in [4.78, 5) is 8.25. The molecule has 4 nitrogen and oxygen atoms in total. The van der Waals surface area contributed by atoms with Gasteiger partial charge in [-0.25, -0.2) is 4.98 Å². The highest BCUT2D eigenvalue weighted by atomic mass is 15.0. The molecule has 0 aromatic carbocycles. The van der Waals surface area contributed by atoms with E-state index in [0.717, 1.165) is 31.7 Å².